The van der Waals surface area contributed by atoms with Crippen LogP contribution in [0.2, 0.25) is 0 Å². The van der Waals surface area contributed by atoms with Crippen LogP contribution in [0.5, 0.6) is 5.75 Å². The van der Waals surface area contributed by atoms with Gasteiger partial charge in [-0.05, 0) is 60.4 Å². The van der Waals surface area contributed by atoms with E-state index in [1.54, 1.807) is 19.4 Å². The van der Waals surface area contributed by atoms with Gasteiger partial charge in [-0.2, -0.15) is 9.78 Å². The first-order valence-corrected chi connectivity index (χ1v) is 11.9. The van der Waals surface area contributed by atoms with Crippen molar-refractivity contribution in [3.63, 3.8) is 0 Å². The van der Waals surface area contributed by atoms with Gasteiger partial charge in [-0.3, -0.25) is 4.79 Å². The van der Waals surface area contributed by atoms with Crippen molar-refractivity contribution >= 4 is 17.1 Å². The van der Waals surface area contributed by atoms with Gasteiger partial charge >= 0.3 is 0 Å². The second-order valence-corrected chi connectivity index (χ2v) is 8.95. The Bertz CT molecular complexity index is 1630. The molecule has 0 spiro atoms. The lowest BCUT2D eigenvalue weighted by Crippen LogP contribution is -2.20. The van der Waals surface area contributed by atoms with Gasteiger partial charge in [-0.1, -0.05) is 56.3 Å². The Balaban J connectivity index is 1.67. The lowest BCUT2D eigenvalue weighted by atomic mass is 9.96. The monoisotopic (exact) mass is 477 g/mol. The van der Waals surface area contributed by atoms with Crippen molar-refractivity contribution in [1.29, 1.82) is 0 Å². The molecule has 0 aliphatic rings. The van der Waals surface area contributed by atoms with E-state index in [4.69, 9.17) is 14.1 Å². The zero-order valence-corrected chi connectivity index (χ0v) is 20.7. The molecule has 0 unspecified atom stereocenters. The highest BCUT2D eigenvalue weighted by atomic mass is 16.5. The fraction of sp³-hybridized carbons (Fsp3) is 0.167. The molecule has 5 aromatic rings. The van der Waals surface area contributed by atoms with E-state index >= 15 is 0 Å². The maximum atomic E-state index is 13.6. The van der Waals surface area contributed by atoms with Gasteiger partial charge in [0.2, 0.25) is 0 Å². The Hall–Kier alpha value is -4.45. The smallest absolute Gasteiger partial charge is 0.282 e. The van der Waals surface area contributed by atoms with Crippen LogP contribution >= 0.6 is 0 Å². The Morgan fingerprint density at radius 3 is 2.50 bits per heavy atom. The molecular weight excluding hydrogens is 450 g/mol. The summed E-state index contributed by atoms with van der Waals surface area (Å²) < 4.78 is 12.9. The van der Waals surface area contributed by atoms with Crippen LogP contribution in [0.1, 0.15) is 36.7 Å². The van der Waals surface area contributed by atoms with Crippen molar-refractivity contribution in [2.75, 3.05) is 7.11 Å². The van der Waals surface area contributed by atoms with Gasteiger partial charge < -0.3 is 9.15 Å². The second kappa shape index (κ2) is 9.66. The van der Waals surface area contributed by atoms with E-state index in [0.717, 1.165) is 33.8 Å². The Kier molecular flexibility index (Phi) is 6.25. The van der Waals surface area contributed by atoms with E-state index in [2.05, 4.69) is 18.9 Å². The third-order valence-corrected chi connectivity index (χ3v) is 6.18. The van der Waals surface area contributed by atoms with Gasteiger partial charge in [0.1, 0.15) is 17.3 Å². The number of fused-ring (bicyclic) bond motifs is 1. The average Bonchev–Trinajstić information content (AvgIpc) is 3.37. The van der Waals surface area contributed by atoms with Crippen LogP contribution < -0.4 is 10.3 Å². The van der Waals surface area contributed by atoms with E-state index in [-0.39, 0.29) is 11.5 Å². The molecule has 0 aliphatic carbocycles. The van der Waals surface area contributed by atoms with Gasteiger partial charge in [0.05, 0.1) is 24.2 Å². The molecule has 0 amide bonds. The predicted molar refractivity (Wildman–Crippen MR) is 144 cm³/mol. The average molecular weight is 478 g/mol. The fourth-order valence-electron chi connectivity index (χ4n) is 4.27. The topological polar surface area (TPSA) is 69.6 Å². The summed E-state index contributed by atoms with van der Waals surface area (Å²) in [6.45, 7) is 6.20. The largest absolute Gasteiger partial charge is 0.496 e. The third kappa shape index (κ3) is 4.33. The standard InChI is InChI=1S/C30H27N3O3/c1-19(2)24-17-25(20(3)16-28(24)35-4)29-32-26-13-9-8-12-23(26)30(34)33(29)31-18-22-14-15-27(36-22)21-10-6-5-7-11-21/h5-19H,1-4H3. The molecule has 5 rings (SSSR count). The molecule has 0 aliphatic heterocycles. The van der Waals surface area contributed by atoms with E-state index in [1.165, 1.54) is 4.68 Å². The van der Waals surface area contributed by atoms with E-state index in [0.29, 0.717) is 22.5 Å². The summed E-state index contributed by atoms with van der Waals surface area (Å²) in [6.07, 6.45) is 1.55. The Morgan fingerprint density at radius 1 is 1.00 bits per heavy atom. The highest BCUT2D eigenvalue weighted by Gasteiger charge is 2.18. The third-order valence-electron chi connectivity index (χ3n) is 6.18. The van der Waals surface area contributed by atoms with Crippen molar-refractivity contribution < 1.29 is 9.15 Å². The number of hydrogen-bond donors (Lipinski definition) is 0. The van der Waals surface area contributed by atoms with Crippen molar-refractivity contribution in [1.82, 2.24) is 9.66 Å². The van der Waals surface area contributed by atoms with Crippen LogP contribution in [0, 0.1) is 6.92 Å². The molecule has 6 nitrogen and oxygen atoms in total. The normalized spacial score (nSPS) is 11.6. The maximum absolute atomic E-state index is 13.6. The Labute approximate surface area is 209 Å². The number of hydrogen-bond acceptors (Lipinski definition) is 5. The van der Waals surface area contributed by atoms with E-state index < -0.39 is 0 Å². The summed E-state index contributed by atoms with van der Waals surface area (Å²) in [4.78, 5) is 18.4. The summed E-state index contributed by atoms with van der Waals surface area (Å²) in [5.74, 6) is 2.77. The van der Waals surface area contributed by atoms with Crippen LogP contribution in [0.15, 0.2) is 93.2 Å². The number of benzene rings is 3. The van der Waals surface area contributed by atoms with Crippen LogP contribution in [-0.4, -0.2) is 23.0 Å². The van der Waals surface area contributed by atoms with Gasteiger partial charge in [0.15, 0.2) is 5.82 Å². The minimum atomic E-state index is -0.247. The molecule has 3 aromatic carbocycles. The number of nitrogens with zero attached hydrogens (tertiary/aromatic N) is 3. The lowest BCUT2D eigenvalue weighted by molar-refractivity contribution is 0.407. The van der Waals surface area contributed by atoms with Crippen molar-refractivity contribution in [2.24, 2.45) is 5.10 Å². The predicted octanol–water partition coefficient (Wildman–Crippen LogP) is 6.65. The summed E-state index contributed by atoms with van der Waals surface area (Å²) in [5.41, 5.74) is 4.14. The quantitative estimate of drug-likeness (QED) is 0.257. The first-order valence-electron chi connectivity index (χ1n) is 11.9. The molecule has 0 saturated heterocycles. The SMILES string of the molecule is COc1cc(C)c(-c2nc3ccccc3c(=O)n2N=Cc2ccc(-c3ccccc3)o2)cc1C(C)C. The molecule has 6 heteroatoms. The zero-order chi connectivity index (χ0) is 25.2. The Morgan fingerprint density at radius 2 is 1.75 bits per heavy atom. The fourth-order valence-corrected chi connectivity index (χ4v) is 4.27. The summed E-state index contributed by atoms with van der Waals surface area (Å²) in [7, 11) is 1.67. The van der Waals surface area contributed by atoms with Gasteiger partial charge in [-0.25, -0.2) is 4.98 Å². The molecule has 0 saturated carbocycles. The molecule has 0 N–H and O–H groups in total. The number of methoxy groups -OCH3 is 1. The van der Waals surface area contributed by atoms with Crippen LogP contribution in [0.3, 0.4) is 0 Å². The number of para-hydroxylation sites is 1. The number of aromatic nitrogens is 2. The van der Waals surface area contributed by atoms with Crippen LogP contribution in [0.4, 0.5) is 0 Å². The molecule has 0 bridgehead atoms. The first-order chi connectivity index (χ1) is 17.5. The number of furan rings is 1. The molecule has 0 fully saturated rings. The van der Waals surface area contributed by atoms with Crippen LogP contribution in [0.25, 0.3) is 33.6 Å². The minimum absolute atomic E-state index is 0.225. The maximum Gasteiger partial charge on any atom is 0.282 e. The summed E-state index contributed by atoms with van der Waals surface area (Å²) in [5, 5.41) is 5.06. The molecule has 0 radical (unpaired) electrons. The molecule has 2 heterocycles. The van der Waals surface area contributed by atoms with Gasteiger partial charge in [-0.15, -0.1) is 0 Å². The molecule has 36 heavy (non-hydrogen) atoms. The van der Waals surface area contributed by atoms with Crippen LogP contribution in [-0.2, 0) is 0 Å². The highest BCUT2D eigenvalue weighted by molar-refractivity contribution is 5.82. The second-order valence-electron chi connectivity index (χ2n) is 8.95. The minimum Gasteiger partial charge on any atom is -0.496 e. The molecule has 0 atom stereocenters. The van der Waals surface area contributed by atoms with E-state index in [1.807, 2.05) is 79.7 Å². The number of aryl methyl sites for hydroxylation is 1. The molecule has 180 valence electrons. The lowest BCUT2D eigenvalue weighted by Gasteiger charge is -2.17. The van der Waals surface area contributed by atoms with Crippen molar-refractivity contribution in [3.8, 4) is 28.5 Å². The number of ether oxygens (including phenoxy) is 1. The van der Waals surface area contributed by atoms with Crippen molar-refractivity contribution in [2.45, 2.75) is 26.7 Å². The molecule has 2 aromatic heterocycles. The summed E-state index contributed by atoms with van der Waals surface area (Å²) >= 11 is 0. The van der Waals surface area contributed by atoms with E-state index in [9.17, 15) is 4.79 Å². The summed E-state index contributed by atoms with van der Waals surface area (Å²) in [6, 6.07) is 24.9. The zero-order valence-electron chi connectivity index (χ0n) is 20.7. The highest BCUT2D eigenvalue weighted by Crippen LogP contribution is 2.34. The molecular formula is C30H27N3O3. The number of rotatable bonds is 6. The first kappa shape index (κ1) is 23.3. The van der Waals surface area contributed by atoms with Gasteiger partial charge in [0, 0.05) is 11.1 Å². The van der Waals surface area contributed by atoms with Gasteiger partial charge in [0.25, 0.3) is 5.56 Å². The van der Waals surface area contributed by atoms with Crippen molar-refractivity contribution in [3.05, 3.63) is 106 Å².